The topological polar surface area (TPSA) is 38.9 Å². The quantitative estimate of drug-likeness (QED) is 0.118. The van der Waals surface area contributed by atoms with E-state index in [2.05, 4.69) is 52.4 Å². The summed E-state index contributed by atoms with van der Waals surface area (Å²) in [5.74, 6) is -0.711. The van der Waals surface area contributed by atoms with Gasteiger partial charge in [0.1, 0.15) is 5.58 Å². The first-order valence-corrected chi connectivity index (χ1v) is 24.0. The summed E-state index contributed by atoms with van der Waals surface area (Å²) < 4.78 is 133. The second-order valence-corrected chi connectivity index (χ2v) is 19.3. The third-order valence-corrected chi connectivity index (χ3v) is 13.3. The van der Waals surface area contributed by atoms with E-state index in [0.717, 1.165) is 69.1 Å². The van der Waals surface area contributed by atoms with Crippen molar-refractivity contribution in [3.8, 4) is 55.9 Å². The summed E-state index contributed by atoms with van der Waals surface area (Å²) >= 11 is 0. The number of fused-ring (bicyclic) bond motifs is 6. The van der Waals surface area contributed by atoms with Gasteiger partial charge in [-0.15, -0.1) is 47.5 Å². The molecule has 0 saturated heterocycles. The maximum absolute atomic E-state index is 8.93. The van der Waals surface area contributed by atoms with Gasteiger partial charge in [-0.1, -0.05) is 178 Å². The minimum absolute atomic E-state index is 0. The molecule has 1 aliphatic carbocycles. The summed E-state index contributed by atoms with van der Waals surface area (Å²) in [6, 6.07) is 53.8. The zero-order valence-electron chi connectivity index (χ0n) is 55.1. The van der Waals surface area contributed by atoms with Gasteiger partial charge in [-0.2, -0.15) is 0 Å². The van der Waals surface area contributed by atoms with Crippen LogP contribution in [0, 0.1) is 45.0 Å². The van der Waals surface area contributed by atoms with Gasteiger partial charge < -0.3 is 14.4 Å². The third-order valence-electron chi connectivity index (χ3n) is 13.3. The summed E-state index contributed by atoms with van der Waals surface area (Å²) in [5, 5.41) is 5.93. The smallest absolute Gasteiger partial charge is 0.121 e. The van der Waals surface area contributed by atoms with Crippen LogP contribution in [0.1, 0.15) is 106 Å². The van der Waals surface area contributed by atoms with Crippen LogP contribution in [-0.4, -0.2) is 9.97 Å². The van der Waals surface area contributed by atoms with Crippen molar-refractivity contribution in [2.45, 2.75) is 86.1 Å². The van der Waals surface area contributed by atoms with Crippen LogP contribution in [0.5, 0.6) is 0 Å². The van der Waals surface area contributed by atoms with E-state index in [4.69, 9.17) is 25.0 Å². The first-order valence-electron chi connectivity index (χ1n) is 31.5. The van der Waals surface area contributed by atoms with Gasteiger partial charge in [-0.25, -0.2) is 0 Å². The summed E-state index contributed by atoms with van der Waals surface area (Å²) in [6.07, 6.45) is 4.64. The van der Waals surface area contributed by atoms with Crippen molar-refractivity contribution < 1.29 is 45.1 Å². The number of rotatable bonds is 7. The van der Waals surface area contributed by atoms with Crippen LogP contribution in [0.3, 0.4) is 0 Å². The number of aryl methyl sites for hydroxylation is 4. The number of hydrogen-bond acceptors (Lipinski definition) is 3. The van der Waals surface area contributed by atoms with E-state index in [-0.39, 0.29) is 64.7 Å². The van der Waals surface area contributed by atoms with Crippen LogP contribution < -0.4 is 0 Å². The summed E-state index contributed by atoms with van der Waals surface area (Å²) in [4.78, 5) is 9.02. The molecule has 72 heavy (non-hydrogen) atoms. The second kappa shape index (κ2) is 20.3. The predicted octanol–water partition coefficient (Wildman–Crippen LogP) is 18.8. The monoisotopic (exact) mass is 1130 g/mol. The van der Waals surface area contributed by atoms with E-state index in [9.17, 15) is 0 Å². The fourth-order valence-electron chi connectivity index (χ4n) is 9.84. The molecule has 1 saturated carbocycles. The average Bonchev–Trinajstić information content (AvgIpc) is 1.80. The fourth-order valence-corrected chi connectivity index (χ4v) is 9.84. The van der Waals surface area contributed by atoms with Gasteiger partial charge in [-0.05, 0) is 152 Å². The van der Waals surface area contributed by atoms with Crippen molar-refractivity contribution in [1.29, 1.82) is 0 Å². The molecule has 0 N–H and O–H groups in total. The van der Waals surface area contributed by atoms with Crippen LogP contribution in [-0.2, 0) is 26.5 Å². The van der Waals surface area contributed by atoms with E-state index in [1.807, 2.05) is 87.5 Å². The first-order chi connectivity index (χ1) is 40.4. The maximum Gasteiger partial charge on any atom is 0.121 e. The molecule has 8 aromatic carbocycles. The Morgan fingerprint density at radius 2 is 1.29 bits per heavy atom. The van der Waals surface area contributed by atoms with Gasteiger partial charge in [0.05, 0.1) is 5.58 Å². The van der Waals surface area contributed by atoms with E-state index >= 15 is 0 Å². The van der Waals surface area contributed by atoms with Crippen molar-refractivity contribution in [3.05, 3.63) is 216 Å². The Bertz CT molecular complexity index is 4360. The van der Waals surface area contributed by atoms with E-state index in [0.29, 0.717) is 44.7 Å². The normalized spacial score (nSPS) is 17.3. The molecule has 0 unspecified atom stereocenters. The molecule has 0 atom stereocenters. The van der Waals surface area contributed by atoms with E-state index in [1.165, 1.54) is 30.5 Å². The minimum atomic E-state index is -2.77. The van der Waals surface area contributed by atoms with Crippen LogP contribution in [0.2, 0.25) is 0 Å². The molecular formula is C68H60IrN2O-2. The molecule has 1 fully saturated rings. The molecule has 3 aromatic heterocycles. The van der Waals surface area contributed by atoms with Gasteiger partial charge in [0.2, 0.25) is 0 Å². The van der Waals surface area contributed by atoms with Crippen LogP contribution in [0.15, 0.2) is 175 Å². The standard InChI is InChI=1S/C45H36NO.C23H24N.Ir/c1-27-22-39(28(2)21-38(27)33-17-15-31(16-18-33)30-9-4-5-10-30)40-24-43(46-26-29(40)3)37-14-8-13-36-42-23-34-20-19-32-11-6-7-12-35(32)41(34)25-44(42)47-45(36)37;1-17-10-12-20(14-21(17)19-8-6-5-7-9-19)22-13-11-18(16-24-22)15-23(2,3)4;/h6-8,11-13,15-26,30H,4-5,9-10H2,1-3H3;5-11,13-14,16H,15H2,1-4H3;/q2*-1;/i1D3,2D3,3D3,30D;1D3,15D2;. The number of hydrogen-bond donors (Lipinski definition) is 0. The summed E-state index contributed by atoms with van der Waals surface area (Å²) in [6.45, 7) is -4.88. The Hall–Kier alpha value is -6.97. The SMILES string of the molecule is [2H]C([2H])([2H])c1c[c-]c(-c2ccc(C([2H])([2H])C(C)(C)C)cn2)cc1-c1ccccc1.[2H]C([2H])([2H])c1cc(-c2cc(-c3[c-]ccc4c3oc3cc5c(ccc6ccccc65)cc34)ncc2C([2H])([2H])[2H])c(C([2H])([2H])[2H])cc1-c1ccc(C2([2H])CCCC2)cc1.[Ir]. The third kappa shape index (κ3) is 9.84. The summed E-state index contributed by atoms with van der Waals surface area (Å²) in [7, 11) is 0. The van der Waals surface area contributed by atoms with Gasteiger partial charge in [-0.3, -0.25) is 0 Å². The van der Waals surface area contributed by atoms with Crippen molar-refractivity contribution in [1.82, 2.24) is 9.97 Å². The van der Waals surface area contributed by atoms with Gasteiger partial charge in [0, 0.05) is 58.4 Å². The zero-order chi connectivity index (χ0) is 61.5. The molecule has 359 valence electrons. The number of furan rings is 1. The Labute approximate surface area is 459 Å². The molecule has 3 heterocycles. The number of benzene rings is 8. The van der Waals surface area contributed by atoms with E-state index in [1.54, 1.807) is 42.6 Å². The molecule has 1 radical (unpaired) electrons. The van der Waals surface area contributed by atoms with Gasteiger partial charge in [0.15, 0.2) is 0 Å². The molecule has 4 heteroatoms. The molecule has 0 spiro atoms. The molecule has 0 aliphatic heterocycles. The largest absolute Gasteiger partial charge is 0.501 e. The average molecular weight is 1130 g/mol. The first kappa shape index (κ1) is 33.6. The van der Waals surface area contributed by atoms with Gasteiger partial charge in [0.25, 0.3) is 0 Å². The van der Waals surface area contributed by atoms with Crippen molar-refractivity contribution in [2.24, 2.45) is 5.41 Å². The Morgan fingerprint density at radius 3 is 2.06 bits per heavy atom. The molecule has 3 nitrogen and oxygen atoms in total. The predicted molar refractivity (Wildman–Crippen MR) is 299 cm³/mol. The van der Waals surface area contributed by atoms with Crippen molar-refractivity contribution >= 4 is 43.5 Å². The van der Waals surface area contributed by atoms with Crippen molar-refractivity contribution in [3.63, 3.8) is 0 Å². The Kier molecular flexibility index (Phi) is 9.47. The number of pyridine rings is 2. The minimum Gasteiger partial charge on any atom is -0.501 e. The fraction of sp³-hybridized carbons (Fsp3) is 0.206. The van der Waals surface area contributed by atoms with E-state index < -0.39 is 45.1 Å². The second-order valence-electron chi connectivity index (χ2n) is 19.3. The summed E-state index contributed by atoms with van der Waals surface area (Å²) in [5.41, 5.74) is 5.69. The molecule has 0 bridgehead atoms. The Morgan fingerprint density at radius 1 is 0.597 bits per heavy atom. The van der Waals surface area contributed by atoms with Crippen LogP contribution in [0.25, 0.3) is 99.4 Å². The molecule has 0 amide bonds. The van der Waals surface area contributed by atoms with Gasteiger partial charge >= 0.3 is 0 Å². The molecule has 12 rings (SSSR count). The van der Waals surface area contributed by atoms with Crippen molar-refractivity contribution in [2.75, 3.05) is 0 Å². The van der Waals surface area contributed by atoms with Crippen LogP contribution >= 0.6 is 0 Å². The number of nitrogens with zero attached hydrogens (tertiary/aromatic N) is 2. The molecular weight excluding hydrogens is 1050 g/mol. The van der Waals surface area contributed by atoms with Crippen LogP contribution in [0.4, 0.5) is 0 Å². The maximum atomic E-state index is 8.93. The Balaban J connectivity index is 0.000000236. The zero-order valence-corrected chi connectivity index (χ0v) is 42.5. The molecule has 11 aromatic rings. The number of aromatic nitrogens is 2. The molecule has 1 aliphatic rings.